The van der Waals surface area contributed by atoms with E-state index >= 15 is 0 Å². The number of hydrogen-bond donors (Lipinski definition) is 0. The Morgan fingerprint density at radius 2 is 1.46 bits per heavy atom. The second-order valence-corrected chi connectivity index (χ2v) is 11.8. The molecule has 0 unspecified atom stereocenters. The minimum atomic E-state index is -0.0729. The van der Waals surface area contributed by atoms with Crippen LogP contribution < -0.4 is 0 Å². The molecule has 1 aliphatic carbocycles. The number of allylic oxidation sites excluding steroid dienone is 9. The molecule has 0 aliphatic heterocycles. The van der Waals surface area contributed by atoms with Gasteiger partial charge in [0.1, 0.15) is 6.61 Å². The molecule has 0 N–H and O–H groups in total. The molecule has 0 saturated heterocycles. The summed E-state index contributed by atoms with van der Waals surface area (Å²) < 4.78 is 5.39. The average Bonchev–Trinajstić information content (AvgIpc) is 2.84. The van der Waals surface area contributed by atoms with Crippen LogP contribution in [0.25, 0.3) is 0 Å². The number of carbonyl (C=O) groups excluding carboxylic acids is 1. The SMILES string of the molecule is CCCCCCCCCCCCCCC(=O)OC/C=C(C)/C=C/C=C(C)/C=C/C1=C(C)CCCC1(C)C. The molecule has 0 saturated carbocycles. The summed E-state index contributed by atoms with van der Waals surface area (Å²) in [5, 5.41) is 0. The molecule has 0 aromatic rings. The third-order valence-corrected chi connectivity index (χ3v) is 7.66. The molecule has 0 amide bonds. The van der Waals surface area contributed by atoms with Crippen molar-refractivity contribution in [1.29, 1.82) is 0 Å². The highest BCUT2D eigenvalue weighted by Crippen LogP contribution is 2.40. The van der Waals surface area contributed by atoms with E-state index in [0.717, 1.165) is 18.4 Å². The Hall–Kier alpha value is -1.83. The standard InChI is InChI=1S/C35H58O2/c1-7-8-9-10-11-12-13-14-15-16-17-18-24-34(36)37-29-27-31(3)22-19-21-30(2)25-26-33-32(4)23-20-28-35(33,5)6/h19,21-22,25-27H,7-18,20,23-24,28-29H2,1-6H3/b22-19+,26-25+,30-21+,31-27+. The molecular formula is C35H58O2. The van der Waals surface area contributed by atoms with E-state index in [-0.39, 0.29) is 11.4 Å². The number of unbranched alkanes of at least 4 members (excludes halogenated alkanes) is 11. The maximum atomic E-state index is 12.0. The topological polar surface area (TPSA) is 26.3 Å². The van der Waals surface area contributed by atoms with Gasteiger partial charge in [-0.2, -0.15) is 0 Å². The van der Waals surface area contributed by atoms with Crippen molar-refractivity contribution in [3.05, 3.63) is 58.7 Å². The maximum Gasteiger partial charge on any atom is 0.306 e. The van der Waals surface area contributed by atoms with E-state index in [1.807, 2.05) is 13.0 Å². The molecule has 0 bridgehead atoms. The van der Waals surface area contributed by atoms with Gasteiger partial charge in [-0.05, 0) is 63.5 Å². The molecule has 1 aliphatic rings. The third kappa shape index (κ3) is 16.6. The molecule has 2 heteroatoms. The van der Waals surface area contributed by atoms with Crippen molar-refractivity contribution in [3.63, 3.8) is 0 Å². The van der Waals surface area contributed by atoms with Crippen molar-refractivity contribution >= 4 is 5.97 Å². The highest BCUT2D eigenvalue weighted by molar-refractivity contribution is 5.69. The zero-order valence-electron chi connectivity index (χ0n) is 25.3. The van der Waals surface area contributed by atoms with Gasteiger partial charge in [-0.3, -0.25) is 4.79 Å². The monoisotopic (exact) mass is 510 g/mol. The summed E-state index contributed by atoms with van der Waals surface area (Å²) in [7, 11) is 0. The lowest BCUT2D eigenvalue weighted by Gasteiger charge is -2.32. The Morgan fingerprint density at radius 3 is 2.05 bits per heavy atom. The second kappa shape index (κ2) is 20.2. The summed E-state index contributed by atoms with van der Waals surface area (Å²) in [6, 6.07) is 0. The van der Waals surface area contributed by atoms with Crippen LogP contribution in [0, 0.1) is 5.41 Å². The van der Waals surface area contributed by atoms with Crippen LogP contribution in [0.15, 0.2) is 58.7 Å². The van der Waals surface area contributed by atoms with Crippen molar-refractivity contribution in [2.24, 2.45) is 5.41 Å². The molecule has 0 aromatic carbocycles. The second-order valence-electron chi connectivity index (χ2n) is 11.8. The lowest BCUT2D eigenvalue weighted by atomic mass is 9.72. The van der Waals surface area contributed by atoms with E-state index in [0.29, 0.717) is 13.0 Å². The lowest BCUT2D eigenvalue weighted by Crippen LogP contribution is -2.19. The fraction of sp³-hybridized carbons (Fsp3) is 0.686. The molecular weight excluding hydrogens is 452 g/mol. The number of esters is 1. The van der Waals surface area contributed by atoms with Crippen LogP contribution in [0.5, 0.6) is 0 Å². The van der Waals surface area contributed by atoms with E-state index in [9.17, 15) is 4.79 Å². The molecule has 0 spiro atoms. The Morgan fingerprint density at radius 1 is 0.865 bits per heavy atom. The van der Waals surface area contributed by atoms with Gasteiger partial charge in [0.25, 0.3) is 0 Å². The van der Waals surface area contributed by atoms with Crippen molar-refractivity contribution in [2.75, 3.05) is 6.61 Å². The summed E-state index contributed by atoms with van der Waals surface area (Å²) in [6.07, 6.45) is 32.8. The summed E-state index contributed by atoms with van der Waals surface area (Å²) in [5.74, 6) is -0.0729. The van der Waals surface area contributed by atoms with Gasteiger partial charge in [-0.15, -0.1) is 0 Å². The van der Waals surface area contributed by atoms with Crippen molar-refractivity contribution in [2.45, 2.75) is 144 Å². The normalized spacial score (nSPS) is 16.8. The van der Waals surface area contributed by atoms with Gasteiger partial charge in [-0.25, -0.2) is 0 Å². The van der Waals surface area contributed by atoms with Crippen LogP contribution in [0.2, 0.25) is 0 Å². The highest BCUT2D eigenvalue weighted by atomic mass is 16.5. The van der Waals surface area contributed by atoms with Crippen LogP contribution in [0.1, 0.15) is 144 Å². The molecule has 0 aromatic heterocycles. The van der Waals surface area contributed by atoms with E-state index in [2.05, 4.69) is 65.0 Å². The number of carbonyl (C=O) groups is 1. The zero-order chi connectivity index (χ0) is 27.4. The molecule has 1 rings (SSSR count). The largest absolute Gasteiger partial charge is 0.461 e. The minimum Gasteiger partial charge on any atom is -0.461 e. The summed E-state index contributed by atoms with van der Waals surface area (Å²) in [4.78, 5) is 12.0. The predicted octanol–water partition coefficient (Wildman–Crippen LogP) is 11.2. The zero-order valence-corrected chi connectivity index (χ0v) is 25.3. The maximum absolute atomic E-state index is 12.0. The fourth-order valence-corrected chi connectivity index (χ4v) is 5.15. The van der Waals surface area contributed by atoms with Crippen LogP contribution in [0.3, 0.4) is 0 Å². The molecule has 2 nitrogen and oxygen atoms in total. The van der Waals surface area contributed by atoms with Gasteiger partial charge in [0, 0.05) is 6.42 Å². The van der Waals surface area contributed by atoms with Crippen LogP contribution in [-0.4, -0.2) is 12.6 Å². The first-order valence-electron chi connectivity index (χ1n) is 15.3. The average molecular weight is 511 g/mol. The quantitative estimate of drug-likeness (QED) is 0.0981. The van der Waals surface area contributed by atoms with Crippen LogP contribution in [0.4, 0.5) is 0 Å². The van der Waals surface area contributed by atoms with Gasteiger partial charge in [0.2, 0.25) is 0 Å². The van der Waals surface area contributed by atoms with Gasteiger partial charge in [0.05, 0.1) is 0 Å². The van der Waals surface area contributed by atoms with Crippen molar-refractivity contribution in [3.8, 4) is 0 Å². The molecule has 210 valence electrons. The van der Waals surface area contributed by atoms with Gasteiger partial charge < -0.3 is 4.74 Å². The van der Waals surface area contributed by atoms with Gasteiger partial charge in [0.15, 0.2) is 0 Å². The van der Waals surface area contributed by atoms with Crippen molar-refractivity contribution < 1.29 is 9.53 Å². The fourth-order valence-electron chi connectivity index (χ4n) is 5.15. The van der Waals surface area contributed by atoms with Crippen LogP contribution in [-0.2, 0) is 9.53 Å². The predicted molar refractivity (Wildman–Crippen MR) is 163 cm³/mol. The van der Waals surface area contributed by atoms with E-state index in [1.165, 1.54) is 100 Å². The lowest BCUT2D eigenvalue weighted by molar-refractivity contribution is -0.142. The van der Waals surface area contributed by atoms with E-state index in [4.69, 9.17) is 4.74 Å². The number of hydrogen-bond acceptors (Lipinski definition) is 2. The third-order valence-electron chi connectivity index (χ3n) is 7.66. The first-order chi connectivity index (χ1) is 17.8. The molecule has 37 heavy (non-hydrogen) atoms. The Labute approximate surface area is 230 Å². The molecule has 0 atom stereocenters. The number of rotatable bonds is 19. The van der Waals surface area contributed by atoms with E-state index < -0.39 is 0 Å². The minimum absolute atomic E-state index is 0.0729. The Bertz CT molecular complexity index is 788. The first-order valence-corrected chi connectivity index (χ1v) is 15.3. The van der Waals surface area contributed by atoms with Gasteiger partial charge in [-0.1, -0.05) is 138 Å². The number of ether oxygens (including phenoxy) is 1. The van der Waals surface area contributed by atoms with Crippen molar-refractivity contribution in [1.82, 2.24) is 0 Å². The summed E-state index contributed by atoms with van der Waals surface area (Å²) in [6.45, 7) is 13.8. The highest BCUT2D eigenvalue weighted by Gasteiger charge is 2.26. The smallest absolute Gasteiger partial charge is 0.306 e. The van der Waals surface area contributed by atoms with Gasteiger partial charge >= 0.3 is 5.97 Å². The summed E-state index contributed by atoms with van der Waals surface area (Å²) in [5.41, 5.74) is 5.65. The molecule has 0 fully saturated rings. The molecule has 0 heterocycles. The Kier molecular flexibility index (Phi) is 18.1. The summed E-state index contributed by atoms with van der Waals surface area (Å²) >= 11 is 0. The first kappa shape index (κ1) is 33.2. The molecule has 0 radical (unpaired) electrons. The Balaban J connectivity index is 2.16. The van der Waals surface area contributed by atoms with E-state index in [1.54, 1.807) is 0 Å². The van der Waals surface area contributed by atoms with Crippen LogP contribution >= 0.6 is 0 Å².